The van der Waals surface area contributed by atoms with Crippen molar-refractivity contribution in [1.29, 1.82) is 0 Å². The minimum atomic E-state index is -0.0387. The van der Waals surface area contributed by atoms with E-state index >= 15 is 0 Å². The first-order chi connectivity index (χ1) is 7.03. The average molecular weight is 215 g/mol. The number of nitrogens with one attached hydrogen (secondary N) is 1. The second-order valence-corrected chi connectivity index (χ2v) is 5.11. The monoisotopic (exact) mass is 215 g/mol. The highest BCUT2D eigenvalue weighted by Gasteiger charge is 2.21. The summed E-state index contributed by atoms with van der Waals surface area (Å²) in [4.78, 5) is 0. The molecule has 1 fully saturated rings. The smallest absolute Gasteiger partial charge is 0.0700 e. The summed E-state index contributed by atoms with van der Waals surface area (Å²) in [6, 6.07) is 0.476. The van der Waals surface area contributed by atoms with Crippen LogP contribution < -0.4 is 5.32 Å². The van der Waals surface area contributed by atoms with Crippen LogP contribution in [-0.4, -0.2) is 38.0 Å². The van der Waals surface area contributed by atoms with Gasteiger partial charge < -0.3 is 14.8 Å². The van der Waals surface area contributed by atoms with Crippen molar-refractivity contribution in [2.45, 2.75) is 57.8 Å². The van der Waals surface area contributed by atoms with Gasteiger partial charge in [-0.15, -0.1) is 0 Å². The predicted octanol–water partition coefficient (Wildman–Crippen LogP) is 1.96. The Kier molecular flexibility index (Phi) is 5.03. The molecule has 1 rings (SSSR count). The molecule has 0 amide bonds. The molecule has 0 aromatic rings. The maximum atomic E-state index is 5.57. The highest BCUT2D eigenvalue weighted by molar-refractivity contribution is 4.77. The van der Waals surface area contributed by atoms with Crippen LogP contribution in [0.4, 0.5) is 0 Å². The Labute approximate surface area is 93.5 Å². The molecule has 0 unspecified atom stereocenters. The number of methoxy groups -OCH3 is 1. The van der Waals surface area contributed by atoms with E-state index in [4.69, 9.17) is 9.47 Å². The van der Waals surface area contributed by atoms with Gasteiger partial charge in [-0.2, -0.15) is 0 Å². The van der Waals surface area contributed by atoms with Gasteiger partial charge in [0.05, 0.1) is 11.7 Å². The Balaban J connectivity index is 2.15. The highest BCUT2D eigenvalue weighted by atomic mass is 16.5. The van der Waals surface area contributed by atoms with Crippen LogP contribution in [0.2, 0.25) is 0 Å². The second kappa shape index (κ2) is 5.83. The zero-order valence-corrected chi connectivity index (χ0v) is 10.5. The molecule has 1 saturated heterocycles. The van der Waals surface area contributed by atoms with Crippen LogP contribution in [0.15, 0.2) is 0 Å². The lowest BCUT2D eigenvalue weighted by atomic mass is 10.00. The first kappa shape index (κ1) is 12.9. The van der Waals surface area contributed by atoms with Crippen LogP contribution in [0.1, 0.15) is 40.0 Å². The van der Waals surface area contributed by atoms with Gasteiger partial charge in [-0.05, 0) is 40.0 Å². The van der Waals surface area contributed by atoms with Gasteiger partial charge in [0.1, 0.15) is 0 Å². The summed E-state index contributed by atoms with van der Waals surface area (Å²) in [6.07, 6.45) is 3.87. The van der Waals surface area contributed by atoms with Gasteiger partial charge in [-0.3, -0.25) is 0 Å². The summed E-state index contributed by atoms with van der Waals surface area (Å²) < 4.78 is 11.0. The van der Waals surface area contributed by atoms with Crippen molar-refractivity contribution in [3.63, 3.8) is 0 Å². The number of ether oxygens (including phenoxy) is 2. The first-order valence-electron chi connectivity index (χ1n) is 5.93. The van der Waals surface area contributed by atoms with Gasteiger partial charge >= 0.3 is 0 Å². The molecule has 15 heavy (non-hydrogen) atoms. The molecule has 3 heteroatoms. The third-order valence-corrected chi connectivity index (χ3v) is 3.07. The first-order valence-corrected chi connectivity index (χ1v) is 5.93. The fourth-order valence-electron chi connectivity index (χ4n) is 2.03. The zero-order chi connectivity index (χ0) is 11.3. The lowest BCUT2D eigenvalue weighted by Gasteiger charge is -2.27. The van der Waals surface area contributed by atoms with E-state index in [0.717, 1.165) is 19.6 Å². The van der Waals surface area contributed by atoms with Crippen LogP contribution in [0.25, 0.3) is 0 Å². The summed E-state index contributed by atoms with van der Waals surface area (Å²) in [7, 11) is 1.77. The number of hydrogen-bond donors (Lipinski definition) is 1. The summed E-state index contributed by atoms with van der Waals surface area (Å²) in [5.74, 6) is 0. The Hall–Kier alpha value is -0.120. The van der Waals surface area contributed by atoms with E-state index in [9.17, 15) is 0 Å². The summed E-state index contributed by atoms with van der Waals surface area (Å²) in [5, 5.41) is 3.51. The molecule has 2 atom stereocenters. The second-order valence-electron chi connectivity index (χ2n) is 5.11. The van der Waals surface area contributed by atoms with Crippen LogP contribution >= 0.6 is 0 Å². The Bertz CT molecular complexity index is 176. The number of hydrogen-bond acceptors (Lipinski definition) is 3. The minimum Gasteiger partial charge on any atom is -0.379 e. The molecule has 0 spiro atoms. The third-order valence-electron chi connectivity index (χ3n) is 3.07. The van der Waals surface area contributed by atoms with Crippen LogP contribution in [0.3, 0.4) is 0 Å². The molecular formula is C12H25NO2. The van der Waals surface area contributed by atoms with E-state index < -0.39 is 0 Å². The fourth-order valence-corrected chi connectivity index (χ4v) is 2.03. The number of rotatable bonds is 6. The fraction of sp³-hybridized carbons (Fsp3) is 1.00. The largest absolute Gasteiger partial charge is 0.379 e. The molecule has 90 valence electrons. The Morgan fingerprint density at radius 3 is 2.80 bits per heavy atom. The van der Waals surface area contributed by atoms with Crippen LogP contribution in [0.5, 0.6) is 0 Å². The van der Waals surface area contributed by atoms with Crippen LogP contribution in [-0.2, 0) is 9.47 Å². The van der Waals surface area contributed by atoms with E-state index in [0.29, 0.717) is 12.1 Å². The molecule has 0 aromatic heterocycles. The van der Waals surface area contributed by atoms with Crippen molar-refractivity contribution in [1.82, 2.24) is 5.32 Å². The normalized spacial score (nSPS) is 24.4. The molecule has 0 aromatic carbocycles. The van der Waals surface area contributed by atoms with E-state index in [1.165, 1.54) is 12.8 Å². The van der Waals surface area contributed by atoms with Crippen molar-refractivity contribution < 1.29 is 9.47 Å². The van der Waals surface area contributed by atoms with Crippen molar-refractivity contribution in [3.8, 4) is 0 Å². The molecule has 1 N–H and O–H groups in total. The quantitative estimate of drug-likeness (QED) is 0.734. The van der Waals surface area contributed by atoms with Gasteiger partial charge in [-0.25, -0.2) is 0 Å². The van der Waals surface area contributed by atoms with Gasteiger partial charge in [0, 0.05) is 26.3 Å². The molecular weight excluding hydrogens is 190 g/mol. The van der Waals surface area contributed by atoms with E-state index in [2.05, 4.69) is 26.1 Å². The van der Waals surface area contributed by atoms with Crippen molar-refractivity contribution in [3.05, 3.63) is 0 Å². The van der Waals surface area contributed by atoms with E-state index in [-0.39, 0.29) is 5.60 Å². The van der Waals surface area contributed by atoms with Crippen molar-refractivity contribution in [2.24, 2.45) is 0 Å². The molecule has 0 aliphatic carbocycles. The highest BCUT2D eigenvalue weighted by Crippen LogP contribution is 2.16. The van der Waals surface area contributed by atoms with Crippen molar-refractivity contribution >= 4 is 0 Å². The van der Waals surface area contributed by atoms with E-state index in [1.54, 1.807) is 7.11 Å². The maximum Gasteiger partial charge on any atom is 0.0700 e. The minimum absolute atomic E-state index is 0.0387. The van der Waals surface area contributed by atoms with Gasteiger partial charge in [-0.1, -0.05) is 0 Å². The summed E-state index contributed by atoms with van der Waals surface area (Å²) in [6.45, 7) is 8.36. The molecule has 0 saturated carbocycles. The average Bonchev–Trinajstić information content (AvgIpc) is 2.66. The molecule has 0 radical (unpaired) electrons. The maximum absolute atomic E-state index is 5.57. The predicted molar refractivity (Wildman–Crippen MR) is 62.1 cm³/mol. The molecule has 3 nitrogen and oxygen atoms in total. The Morgan fingerprint density at radius 1 is 1.53 bits per heavy atom. The topological polar surface area (TPSA) is 30.5 Å². The van der Waals surface area contributed by atoms with Crippen molar-refractivity contribution in [2.75, 3.05) is 20.3 Å². The van der Waals surface area contributed by atoms with Crippen LogP contribution in [0, 0.1) is 0 Å². The van der Waals surface area contributed by atoms with E-state index in [1.807, 2.05) is 0 Å². The van der Waals surface area contributed by atoms with Gasteiger partial charge in [0.15, 0.2) is 0 Å². The molecule has 1 aliphatic rings. The lowest BCUT2D eigenvalue weighted by Crippen LogP contribution is -2.39. The molecule has 1 heterocycles. The summed E-state index contributed by atoms with van der Waals surface area (Å²) >= 11 is 0. The van der Waals surface area contributed by atoms with Gasteiger partial charge in [0.2, 0.25) is 0 Å². The molecule has 1 aliphatic heterocycles. The van der Waals surface area contributed by atoms with Gasteiger partial charge in [0.25, 0.3) is 0 Å². The zero-order valence-electron chi connectivity index (χ0n) is 10.5. The summed E-state index contributed by atoms with van der Waals surface area (Å²) in [5.41, 5.74) is -0.0387. The molecule has 0 bridgehead atoms. The Morgan fingerprint density at radius 2 is 2.27 bits per heavy atom. The SMILES string of the molecule is COC(C)(C)C[C@@H](C)NC[C@H]1CCCO1. The standard InChI is InChI=1S/C12H25NO2/c1-10(8-12(2,3)14-4)13-9-11-6-5-7-15-11/h10-11,13H,5-9H2,1-4H3/t10-,11-/m1/s1. The lowest BCUT2D eigenvalue weighted by molar-refractivity contribution is 0.00716. The third kappa shape index (κ3) is 4.96.